The van der Waals surface area contributed by atoms with Crippen LogP contribution in [0.15, 0.2) is 110 Å². The molecule has 0 heterocycles. The number of unbranched alkanes of at least 4 members (excludes halogenated alkanes) is 2. The number of carbonyl (C=O) groups is 3. The molecule has 0 radical (unpaired) electrons. The molecule has 3 rings (SSSR count). The summed E-state index contributed by atoms with van der Waals surface area (Å²) >= 11 is 0. The summed E-state index contributed by atoms with van der Waals surface area (Å²) in [4.78, 5) is 38.8. The molecule has 0 bridgehead atoms. The summed E-state index contributed by atoms with van der Waals surface area (Å²) in [7, 11) is 0. The number of nitrogens with one attached hydrogen (secondary N) is 2. The average molecular weight is 671 g/mol. The van der Waals surface area contributed by atoms with Crippen molar-refractivity contribution in [1.82, 2.24) is 10.6 Å². The van der Waals surface area contributed by atoms with Crippen LogP contribution in [0.4, 0.5) is 0 Å². The van der Waals surface area contributed by atoms with Gasteiger partial charge in [-0.05, 0) is 60.9 Å². The molecule has 2 amide bonds. The van der Waals surface area contributed by atoms with E-state index in [0.717, 1.165) is 35.3 Å². The lowest BCUT2D eigenvalue weighted by molar-refractivity contribution is -0.146. The molecule has 3 N–H and O–H groups in total. The minimum absolute atomic E-state index is 0.0590. The van der Waals surface area contributed by atoms with Crippen LogP contribution in [0.5, 0.6) is 5.75 Å². The van der Waals surface area contributed by atoms with E-state index < -0.39 is 18.0 Å². The zero-order valence-corrected chi connectivity index (χ0v) is 28.3. The van der Waals surface area contributed by atoms with Crippen molar-refractivity contribution in [3.8, 4) is 5.75 Å². The van der Waals surface area contributed by atoms with Crippen LogP contribution in [0.25, 0.3) is 0 Å². The van der Waals surface area contributed by atoms with Gasteiger partial charge in [-0.15, -0.1) is 13.2 Å². The number of amides is 2. The summed E-state index contributed by atoms with van der Waals surface area (Å²) in [5, 5.41) is 15.8. The first kappa shape index (κ1) is 38.7. The fourth-order valence-corrected chi connectivity index (χ4v) is 5.07. The molecule has 0 saturated carbocycles. The Bertz CT molecular complexity index is 1410. The third-order valence-electron chi connectivity index (χ3n) is 7.75. The Kier molecular flexibility index (Phi) is 18.0. The molecule has 0 aliphatic rings. The second-order valence-electron chi connectivity index (χ2n) is 11.9. The van der Waals surface area contributed by atoms with Gasteiger partial charge in [0, 0.05) is 12.8 Å². The normalized spacial score (nSPS) is 12.6. The molecular weight excluding hydrogens is 620 g/mol. The summed E-state index contributed by atoms with van der Waals surface area (Å²) in [6.45, 7) is 8.02. The van der Waals surface area contributed by atoms with Gasteiger partial charge in [0.15, 0.2) is 0 Å². The van der Waals surface area contributed by atoms with Crippen LogP contribution in [0, 0.1) is 5.92 Å². The molecule has 3 aromatic rings. The highest BCUT2D eigenvalue weighted by Crippen LogP contribution is 2.16. The Labute approximate surface area is 290 Å². The molecule has 0 aromatic heterocycles. The number of aliphatic hydroxyl groups is 1. The van der Waals surface area contributed by atoms with Crippen LogP contribution in [0.3, 0.4) is 0 Å². The van der Waals surface area contributed by atoms with E-state index in [-0.39, 0.29) is 56.9 Å². The monoisotopic (exact) mass is 670 g/mol. The highest BCUT2D eigenvalue weighted by atomic mass is 16.5. The maximum Gasteiger partial charge on any atom is 0.305 e. The van der Waals surface area contributed by atoms with Crippen LogP contribution in [0.1, 0.15) is 55.2 Å². The topological polar surface area (TPSA) is 123 Å². The van der Waals surface area contributed by atoms with Crippen molar-refractivity contribution < 1.29 is 33.7 Å². The van der Waals surface area contributed by atoms with Crippen LogP contribution >= 0.6 is 0 Å². The number of hydrogen-bond acceptors (Lipinski definition) is 7. The second kappa shape index (κ2) is 22.8. The number of benzene rings is 3. The van der Waals surface area contributed by atoms with Crippen molar-refractivity contribution in [2.75, 3.05) is 19.8 Å². The molecule has 262 valence electrons. The fourth-order valence-electron chi connectivity index (χ4n) is 5.07. The van der Waals surface area contributed by atoms with Gasteiger partial charge in [-0.2, -0.15) is 0 Å². The van der Waals surface area contributed by atoms with Gasteiger partial charge in [-0.25, -0.2) is 0 Å². The number of carbonyl (C=O) groups excluding carboxylic acids is 3. The number of hydrogen-bond donors (Lipinski definition) is 3. The summed E-state index contributed by atoms with van der Waals surface area (Å²) in [6.07, 6.45) is 6.59. The second-order valence-corrected chi connectivity index (χ2v) is 11.9. The van der Waals surface area contributed by atoms with Crippen molar-refractivity contribution in [2.45, 2.75) is 70.2 Å². The Hall–Kier alpha value is -4.73. The van der Waals surface area contributed by atoms with Crippen molar-refractivity contribution in [1.29, 1.82) is 0 Å². The molecule has 3 atom stereocenters. The molecule has 0 aliphatic heterocycles. The number of rotatable bonds is 24. The molecule has 0 fully saturated rings. The molecule has 0 saturated heterocycles. The van der Waals surface area contributed by atoms with E-state index in [4.69, 9.17) is 14.2 Å². The number of allylic oxidation sites excluding steroid dienone is 2. The van der Waals surface area contributed by atoms with Gasteiger partial charge in [-0.3, -0.25) is 14.4 Å². The zero-order valence-electron chi connectivity index (χ0n) is 28.3. The van der Waals surface area contributed by atoms with Gasteiger partial charge in [0.05, 0.1) is 37.8 Å². The van der Waals surface area contributed by atoms with E-state index >= 15 is 0 Å². The maximum absolute atomic E-state index is 13.4. The van der Waals surface area contributed by atoms with Crippen molar-refractivity contribution in [3.05, 3.63) is 127 Å². The lowest BCUT2D eigenvalue weighted by Gasteiger charge is -2.23. The SMILES string of the molecule is C=CCCCCC(=O)OCC(COCc1ccccc1)NC(=O)C(CC=C)CC(=O)NC(CO)Cc1ccc(OCc2ccccc2)cc1. The minimum Gasteiger partial charge on any atom is -0.489 e. The first-order chi connectivity index (χ1) is 23.9. The van der Waals surface area contributed by atoms with E-state index in [0.29, 0.717) is 26.1 Å². The lowest BCUT2D eigenvalue weighted by Crippen LogP contribution is -2.46. The van der Waals surface area contributed by atoms with E-state index in [2.05, 4.69) is 23.8 Å². The Morgan fingerprint density at radius 1 is 0.755 bits per heavy atom. The summed E-state index contributed by atoms with van der Waals surface area (Å²) in [5.41, 5.74) is 2.96. The molecule has 9 heteroatoms. The van der Waals surface area contributed by atoms with Gasteiger partial charge in [-0.1, -0.05) is 84.9 Å². The van der Waals surface area contributed by atoms with Crippen LogP contribution in [-0.2, 0) is 43.5 Å². The first-order valence-electron chi connectivity index (χ1n) is 16.9. The van der Waals surface area contributed by atoms with Gasteiger partial charge >= 0.3 is 5.97 Å². The Balaban J connectivity index is 1.53. The Morgan fingerprint density at radius 3 is 2.06 bits per heavy atom. The summed E-state index contributed by atoms with van der Waals surface area (Å²) in [6, 6.07) is 25.9. The van der Waals surface area contributed by atoms with Crippen LogP contribution in [0.2, 0.25) is 0 Å². The largest absolute Gasteiger partial charge is 0.489 e. The quantitative estimate of drug-likeness (QED) is 0.0620. The highest BCUT2D eigenvalue weighted by molar-refractivity contribution is 5.86. The summed E-state index contributed by atoms with van der Waals surface area (Å²) < 4.78 is 17.2. The predicted molar refractivity (Wildman–Crippen MR) is 191 cm³/mol. The molecule has 3 aromatic carbocycles. The molecular formula is C40H50N2O7. The van der Waals surface area contributed by atoms with Crippen molar-refractivity contribution in [2.24, 2.45) is 5.92 Å². The number of ether oxygens (including phenoxy) is 3. The van der Waals surface area contributed by atoms with Crippen molar-refractivity contribution in [3.63, 3.8) is 0 Å². The maximum atomic E-state index is 13.4. The van der Waals surface area contributed by atoms with Gasteiger partial charge in [0.2, 0.25) is 11.8 Å². The van der Waals surface area contributed by atoms with E-state index in [9.17, 15) is 19.5 Å². The average Bonchev–Trinajstić information content (AvgIpc) is 3.12. The predicted octanol–water partition coefficient (Wildman–Crippen LogP) is 5.86. The third-order valence-corrected chi connectivity index (χ3v) is 7.75. The molecule has 49 heavy (non-hydrogen) atoms. The third kappa shape index (κ3) is 15.8. The van der Waals surface area contributed by atoms with Gasteiger partial charge in [0.1, 0.15) is 19.0 Å². The van der Waals surface area contributed by atoms with Gasteiger partial charge < -0.3 is 30.0 Å². The first-order valence-corrected chi connectivity index (χ1v) is 16.9. The number of esters is 1. The van der Waals surface area contributed by atoms with Gasteiger partial charge in [0.25, 0.3) is 0 Å². The Morgan fingerprint density at radius 2 is 1.43 bits per heavy atom. The molecule has 0 aliphatic carbocycles. The number of aliphatic hydroxyl groups excluding tert-OH is 1. The fraction of sp³-hybridized carbons (Fsp3) is 0.375. The smallest absolute Gasteiger partial charge is 0.305 e. The van der Waals surface area contributed by atoms with Crippen LogP contribution in [-0.4, -0.2) is 54.8 Å². The molecule has 3 unspecified atom stereocenters. The minimum atomic E-state index is -0.718. The van der Waals surface area contributed by atoms with E-state index in [1.165, 1.54) is 0 Å². The standard InChI is InChI=1S/C40H50N2O7/c1-3-5-6-13-19-39(45)49-30-36(29-47-27-32-15-9-7-10-16-32)42-40(46)34(14-4-2)25-38(44)41-35(26-43)24-31-20-22-37(23-21-31)48-28-33-17-11-8-12-18-33/h3-4,7-12,15-18,20-23,34-36,43H,1-2,5-6,13-14,19,24-30H2,(H,41,44)(H,42,46). The highest BCUT2D eigenvalue weighted by Gasteiger charge is 2.25. The van der Waals surface area contributed by atoms with Crippen molar-refractivity contribution >= 4 is 17.8 Å². The van der Waals surface area contributed by atoms with Crippen LogP contribution < -0.4 is 15.4 Å². The summed E-state index contributed by atoms with van der Waals surface area (Å²) in [5.74, 6) is -1.09. The lowest BCUT2D eigenvalue weighted by atomic mass is 9.98. The van der Waals surface area contributed by atoms with E-state index in [1.807, 2.05) is 91.0 Å². The zero-order chi connectivity index (χ0) is 35.1. The molecule has 0 spiro atoms. The van der Waals surface area contributed by atoms with E-state index in [1.54, 1.807) is 6.08 Å². The molecule has 9 nitrogen and oxygen atoms in total.